The highest BCUT2D eigenvalue weighted by Crippen LogP contribution is 2.26. The van der Waals surface area contributed by atoms with Gasteiger partial charge in [0.25, 0.3) is 5.91 Å². The van der Waals surface area contributed by atoms with Crippen LogP contribution in [0.5, 0.6) is 5.75 Å². The molecule has 2 rings (SSSR count). The minimum Gasteiger partial charge on any atom is -0.496 e. The van der Waals surface area contributed by atoms with Crippen LogP contribution in [0.1, 0.15) is 36.8 Å². The SMILES string of the molecule is COc1ccc(-c2cc(C(=O)NC(C)(C)C)nn2C)cc1C. The zero-order valence-corrected chi connectivity index (χ0v) is 14.0. The maximum absolute atomic E-state index is 12.2. The maximum atomic E-state index is 12.2. The Labute approximate surface area is 131 Å². The highest BCUT2D eigenvalue weighted by atomic mass is 16.5. The number of carbonyl (C=O) groups excluding carboxylic acids is 1. The largest absolute Gasteiger partial charge is 0.496 e. The van der Waals surface area contributed by atoms with Crippen molar-refractivity contribution in [1.29, 1.82) is 0 Å². The lowest BCUT2D eigenvalue weighted by atomic mass is 10.1. The van der Waals surface area contributed by atoms with Gasteiger partial charge in [0.05, 0.1) is 12.8 Å². The molecule has 1 N–H and O–H groups in total. The first-order valence-corrected chi connectivity index (χ1v) is 7.23. The topological polar surface area (TPSA) is 56.1 Å². The predicted octanol–water partition coefficient (Wildman–Crippen LogP) is 2.93. The maximum Gasteiger partial charge on any atom is 0.272 e. The Kier molecular flexibility index (Phi) is 4.26. The molecule has 1 aromatic carbocycles. The molecule has 0 aliphatic rings. The summed E-state index contributed by atoms with van der Waals surface area (Å²) in [6, 6.07) is 7.73. The van der Waals surface area contributed by atoms with Gasteiger partial charge in [-0.15, -0.1) is 0 Å². The number of hydrogen-bond donors (Lipinski definition) is 1. The van der Waals surface area contributed by atoms with Crippen molar-refractivity contribution in [2.24, 2.45) is 7.05 Å². The van der Waals surface area contributed by atoms with Crippen LogP contribution in [-0.4, -0.2) is 28.3 Å². The van der Waals surface area contributed by atoms with Crippen LogP contribution in [-0.2, 0) is 7.05 Å². The first-order chi connectivity index (χ1) is 10.2. The van der Waals surface area contributed by atoms with Gasteiger partial charge in [-0.05, 0) is 57.5 Å². The molecule has 0 saturated carbocycles. The van der Waals surface area contributed by atoms with Crippen molar-refractivity contribution in [3.05, 3.63) is 35.5 Å². The molecule has 0 saturated heterocycles. The van der Waals surface area contributed by atoms with Gasteiger partial charge >= 0.3 is 0 Å². The molecule has 0 unspecified atom stereocenters. The van der Waals surface area contributed by atoms with Crippen molar-refractivity contribution in [3.8, 4) is 17.0 Å². The molecule has 0 radical (unpaired) electrons. The summed E-state index contributed by atoms with van der Waals surface area (Å²) in [5.41, 5.74) is 3.07. The minimum atomic E-state index is -0.286. The highest BCUT2D eigenvalue weighted by Gasteiger charge is 2.19. The van der Waals surface area contributed by atoms with Crippen molar-refractivity contribution >= 4 is 5.91 Å². The van der Waals surface area contributed by atoms with Crippen molar-refractivity contribution in [2.45, 2.75) is 33.2 Å². The minimum absolute atomic E-state index is 0.167. The van der Waals surface area contributed by atoms with Gasteiger partial charge in [0.15, 0.2) is 5.69 Å². The Bertz CT molecular complexity index is 696. The molecule has 118 valence electrons. The summed E-state index contributed by atoms with van der Waals surface area (Å²) in [5.74, 6) is 0.677. The van der Waals surface area contributed by atoms with E-state index in [1.54, 1.807) is 11.8 Å². The van der Waals surface area contributed by atoms with Crippen LogP contribution in [0.25, 0.3) is 11.3 Å². The summed E-state index contributed by atoms with van der Waals surface area (Å²) < 4.78 is 7.00. The molecule has 1 amide bonds. The normalized spacial score (nSPS) is 11.4. The van der Waals surface area contributed by atoms with Gasteiger partial charge in [0.2, 0.25) is 0 Å². The third-order valence-electron chi connectivity index (χ3n) is 3.29. The Morgan fingerprint density at radius 2 is 1.95 bits per heavy atom. The number of ether oxygens (including phenoxy) is 1. The van der Waals surface area contributed by atoms with Crippen molar-refractivity contribution < 1.29 is 9.53 Å². The second-order valence-electron chi connectivity index (χ2n) is 6.43. The van der Waals surface area contributed by atoms with E-state index < -0.39 is 0 Å². The van der Waals surface area contributed by atoms with Crippen LogP contribution in [0.4, 0.5) is 0 Å². The number of nitrogens with one attached hydrogen (secondary N) is 1. The van der Waals surface area contributed by atoms with Gasteiger partial charge in [0, 0.05) is 18.2 Å². The molecule has 0 atom stereocenters. The van der Waals surface area contributed by atoms with E-state index in [2.05, 4.69) is 10.4 Å². The lowest BCUT2D eigenvalue weighted by Crippen LogP contribution is -2.40. The monoisotopic (exact) mass is 301 g/mol. The van der Waals surface area contributed by atoms with E-state index in [0.29, 0.717) is 5.69 Å². The number of nitrogens with zero attached hydrogens (tertiary/aromatic N) is 2. The Morgan fingerprint density at radius 1 is 1.27 bits per heavy atom. The molecule has 0 aliphatic heterocycles. The number of methoxy groups -OCH3 is 1. The lowest BCUT2D eigenvalue weighted by molar-refractivity contribution is 0.0913. The molecule has 5 heteroatoms. The van der Waals surface area contributed by atoms with Crippen LogP contribution in [0.2, 0.25) is 0 Å². The molecule has 0 aliphatic carbocycles. The average Bonchev–Trinajstić information content (AvgIpc) is 2.79. The summed E-state index contributed by atoms with van der Waals surface area (Å²) in [7, 11) is 3.49. The van der Waals surface area contributed by atoms with Gasteiger partial charge in [0.1, 0.15) is 5.75 Å². The molecule has 0 bridgehead atoms. The van der Waals surface area contributed by atoms with E-state index in [1.165, 1.54) is 0 Å². The number of amides is 1. The van der Waals surface area contributed by atoms with Gasteiger partial charge in [-0.2, -0.15) is 5.10 Å². The van der Waals surface area contributed by atoms with E-state index in [9.17, 15) is 4.79 Å². The fraction of sp³-hybridized carbons (Fsp3) is 0.412. The molecule has 22 heavy (non-hydrogen) atoms. The van der Waals surface area contributed by atoms with E-state index in [1.807, 2.05) is 59.0 Å². The summed E-state index contributed by atoms with van der Waals surface area (Å²) in [5, 5.41) is 7.24. The summed E-state index contributed by atoms with van der Waals surface area (Å²) in [4.78, 5) is 12.2. The number of hydrogen-bond acceptors (Lipinski definition) is 3. The standard InChI is InChI=1S/C17H23N3O2/c1-11-9-12(7-8-15(11)22-6)14-10-13(19-20(14)5)16(21)18-17(2,3)4/h7-10H,1-6H3,(H,18,21). The van der Waals surface area contributed by atoms with Crippen molar-refractivity contribution in [1.82, 2.24) is 15.1 Å². The van der Waals surface area contributed by atoms with E-state index in [-0.39, 0.29) is 11.4 Å². The molecule has 2 aromatic rings. The summed E-state index contributed by atoms with van der Waals surface area (Å²) in [6.45, 7) is 7.83. The average molecular weight is 301 g/mol. The number of benzene rings is 1. The molecule has 1 aromatic heterocycles. The predicted molar refractivity (Wildman–Crippen MR) is 87.2 cm³/mol. The van der Waals surface area contributed by atoms with Crippen molar-refractivity contribution in [2.75, 3.05) is 7.11 Å². The van der Waals surface area contributed by atoms with Crippen LogP contribution in [0, 0.1) is 6.92 Å². The molecule has 0 fully saturated rings. The number of aryl methyl sites for hydroxylation is 2. The number of rotatable bonds is 3. The molecular formula is C17H23N3O2. The second kappa shape index (κ2) is 5.83. The van der Waals surface area contributed by atoms with Gasteiger partial charge < -0.3 is 10.1 Å². The first kappa shape index (κ1) is 16.1. The summed E-state index contributed by atoms with van der Waals surface area (Å²) >= 11 is 0. The van der Waals surface area contributed by atoms with Gasteiger partial charge in [-0.1, -0.05) is 0 Å². The van der Waals surface area contributed by atoms with E-state index in [4.69, 9.17) is 4.74 Å². The third-order valence-corrected chi connectivity index (χ3v) is 3.29. The van der Waals surface area contributed by atoms with Crippen LogP contribution in [0.15, 0.2) is 24.3 Å². The highest BCUT2D eigenvalue weighted by molar-refractivity contribution is 5.93. The smallest absolute Gasteiger partial charge is 0.272 e. The van der Waals surface area contributed by atoms with Gasteiger partial charge in [-0.25, -0.2) is 0 Å². The Hall–Kier alpha value is -2.30. The van der Waals surface area contributed by atoms with Crippen LogP contribution < -0.4 is 10.1 Å². The van der Waals surface area contributed by atoms with Crippen LogP contribution in [0.3, 0.4) is 0 Å². The molecule has 1 heterocycles. The Morgan fingerprint density at radius 3 is 2.50 bits per heavy atom. The van der Waals surface area contributed by atoms with Gasteiger partial charge in [-0.3, -0.25) is 9.48 Å². The number of carbonyl (C=O) groups is 1. The fourth-order valence-electron chi connectivity index (χ4n) is 2.29. The van der Waals surface area contributed by atoms with Crippen molar-refractivity contribution in [3.63, 3.8) is 0 Å². The molecule has 5 nitrogen and oxygen atoms in total. The molecular weight excluding hydrogens is 278 g/mol. The Balaban J connectivity index is 2.34. The summed E-state index contributed by atoms with van der Waals surface area (Å²) in [6.07, 6.45) is 0. The third kappa shape index (κ3) is 3.47. The zero-order chi connectivity index (χ0) is 16.5. The fourth-order valence-corrected chi connectivity index (χ4v) is 2.29. The first-order valence-electron chi connectivity index (χ1n) is 7.23. The quantitative estimate of drug-likeness (QED) is 0.948. The second-order valence-corrected chi connectivity index (χ2v) is 6.43. The zero-order valence-electron chi connectivity index (χ0n) is 14.0. The lowest BCUT2D eigenvalue weighted by Gasteiger charge is -2.19. The van der Waals surface area contributed by atoms with E-state index in [0.717, 1.165) is 22.6 Å². The molecule has 0 spiro atoms. The van der Waals surface area contributed by atoms with Crippen LogP contribution >= 0.6 is 0 Å². The van der Waals surface area contributed by atoms with E-state index >= 15 is 0 Å². The number of aromatic nitrogens is 2.